The number of aromatic nitrogens is 1. The van der Waals surface area contributed by atoms with Crippen LogP contribution in [-0.4, -0.2) is 40.0 Å². The van der Waals surface area contributed by atoms with E-state index in [1.807, 2.05) is 35.2 Å². The number of nitrogens with one attached hydrogen (secondary N) is 1. The second-order valence-corrected chi connectivity index (χ2v) is 7.70. The van der Waals surface area contributed by atoms with Crippen LogP contribution in [0.15, 0.2) is 50.9 Å². The van der Waals surface area contributed by atoms with Crippen LogP contribution in [0.4, 0.5) is 11.6 Å². The first kappa shape index (κ1) is 16.7. The molecule has 0 saturated heterocycles. The Balaban J connectivity index is 1.54. The summed E-state index contributed by atoms with van der Waals surface area (Å²) >= 11 is 0. The molecule has 0 fully saturated rings. The van der Waals surface area contributed by atoms with Crippen molar-refractivity contribution in [1.29, 1.82) is 0 Å². The predicted octanol–water partition coefficient (Wildman–Crippen LogP) is 3.90. The van der Waals surface area contributed by atoms with Gasteiger partial charge in [-0.25, -0.2) is 4.99 Å². The lowest BCUT2D eigenvalue weighted by Crippen LogP contribution is -2.33. The third kappa shape index (κ3) is 2.58. The molecule has 2 aliphatic heterocycles. The van der Waals surface area contributed by atoms with Gasteiger partial charge in [0.05, 0.1) is 28.7 Å². The van der Waals surface area contributed by atoms with Crippen molar-refractivity contribution in [2.24, 2.45) is 9.98 Å². The van der Waals surface area contributed by atoms with E-state index in [9.17, 15) is 4.79 Å². The topological polar surface area (TPSA) is 83.1 Å². The van der Waals surface area contributed by atoms with E-state index < -0.39 is 0 Å². The molecule has 28 heavy (non-hydrogen) atoms. The van der Waals surface area contributed by atoms with Gasteiger partial charge in [-0.2, -0.15) is 0 Å². The molecular weight excluding hydrogens is 354 g/mol. The number of hydrogen-bond acceptors (Lipinski definition) is 6. The van der Waals surface area contributed by atoms with Crippen molar-refractivity contribution in [1.82, 2.24) is 9.88 Å². The monoisotopic (exact) mass is 373 g/mol. The molecule has 2 aromatic heterocycles. The molecule has 1 N–H and O–H groups in total. The molecule has 0 radical (unpaired) electrons. The number of aliphatic imine (C=N–C) groups is 2. The standard InChI is InChI=1S/C21H19N5O2/c1-12-16(17-18-25-21(2,3)10-26(18)11-23-20(17)28-12)19(27)24-14-6-7-15-13(9-14)5-4-8-22-15/h4-9,11H,10H2,1-3H3,(H,24,27). The molecule has 1 amide bonds. The molecule has 0 unspecified atom stereocenters. The fraction of sp³-hybridized carbons (Fsp3) is 0.238. The van der Waals surface area contributed by atoms with Crippen molar-refractivity contribution in [3.63, 3.8) is 0 Å². The van der Waals surface area contributed by atoms with E-state index in [-0.39, 0.29) is 11.4 Å². The Morgan fingerprint density at radius 2 is 2.14 bits per heavy atom. The van der Waals surface area contributed by atoms with Crippen LogP contribution < -0.4 is 5.32 Å². The molecule has 0 bridgehead atoms. The van der Waals surface area contributed by atoms with Crippen molar-refractivity contribution >= 4 is 40.6 Å². The number of hydrogen-bond donors (Lipinski definition) is 1. The van der Waals surface area contributed by atoms with Gasteiger partial charge in [-0.05, 0) is 45.0 Å². The first-order chi connectivity index (χ1) is 13.4. The van der Waals surface area contributed by atoms with Crippen LogP contribution in [0.2, 0.25) is 0 Å². The van der Waals surface area contributed by atoms with Gasteiger partial charge in [-0.1, -0.05) is 6.07 Å². The summed E-state index contributed by atoms with van der Waals surface area (Å²) in [6.07, 6.45) is 3.47. The minimum Gasteiger partial charge on any atom is -0.442 e. The number of aryl methyl sites for hydroxylation is 1. The van der Waals surface area contributed by atoms with Gasteiger partial charge >= 0.3 is 0 Å². The molecule has 0 atom stereocenters. The summed E-state index contributed by atoms with van der Waals surface area (Å²) in [7, 11) is 0. The number of carbonyl (C=O) groups is 1. The normalized spacial score (nSPS) is 16.7. The highest BCUT2D eigenvalue weighted by Crippen LogP contribution is 2.37. The average Bonchev–Trinajstić information content (AvgIpc) is 3.16. The Bertz CT molecular complexity index is 1190. The number of anilines is 1. The summed E-state index contributed by atoms with van der Waals surface area (Å²) in [4.78, 5) is 28.6. The van der Waals surface area contributed by atoms with Gasteiger partial charge < -0.3 is 14.6 Å². The van der Waals surface area contributed by atoms with E-state index >= 15 is 0 Å². The number of benzene rings is 1. The number of nitrogens with zero attached hydrogens (tertiary/aromatic N) is 4. The highest BCUT2D eigenvalue weighted by molar-refractivity contribution is 6.20. The minimum absolute atomic E-state index is 0.241. The lowest BCUT2D eigenvalue weighted by Gasteiger charge is -2.20. The molecule has 7 nitrogen and oxygen atoms in total. The van der Waals surface area contributed by atoms with Crippen molar-refractivity contribution in [2.45, 2.75) is 26.3 Å². The zero-order chi connectivity index (χ0) is 19.5. The van der Waals surface area contributed by atoms with Crippen molar-refractivity contribution in [3.8, 4) is 0 Å². The number of amides is 1. The van der Waals surface area contributed by atoms with Crippen LogP contribution >= 0.6 is 0 Å². The summed E-state index contributed by atoms with van der Waals surface area (Å²) in [5.41, 5.74) is 2.47. The SMILES string of the molecule is Cc1oc2c(c1C(=O)Nc1ccc3ncccc3c1)C1=NC(C)(C)CN1C=N2. The second kappa shape index (κ2) is 5.76. The van der Waals surface area contributed by atoms with E-state index in [0.717, 1.165) is 16.7 Å². The number of carbonyl (C=O) groups excluding carboxylic acids is 1. The molecule has 4 heterocycles. The van der Waals surface area contributed by atoms with Gasteiger partial charge in [0.25, 0.3) is 5.91 Å². The van der Waals surface area contributed by atoms with Gasteiger partial charge in [0, 0.05) is 17.3 Å². The number of pyridine rings is 1. The van der Waals surface area contributed by atoms with Crippen molar-refractivity contribution in [2.75, 3.05) is 11.9 Å². The highest BCUT2D eigenvalue weighted by Gasteiger charge is 2.39. The number of rotatable bonds is 2. The Morgan fingerprint density at radius 1 is 1.29 bits per heavy atom. The third-order valence-electron chi connectivity index (χ3n) is 4.93. The maximum Gasteiger partial charge on any atom is 0.260 e. The molecule has 1 aromatic carbocycles. The first-order valence-corrected chi connectivity index (χ1v) is 9.12. The Hall–Kier alpha value is -3.48. The maximum absolute atomic E-state index is 13.1. The van der Waals surface area contributed by atoms with E-state index in [4.69, 9.17) is 9.41 Å². The Labute approximate surface area is 161 Å². The minimum atomic E-state index is -0.243. The van der Waals surface area contributed by atoms with Crippen molar-refractivity contribution in [3.05, 3.63) is 53.4 Å². The van der Waals surface area contributed by atoms with Crippen LogP contribution in [-0.2, 0) is 0 Å². The molecule has 2 aliphatic rings. The molecule has 7 heteroatoms. The quantitative estimate of drug-likeness (QED) is 0.738. The molecule has 5 rings (SSSR count). The fourth-order valence-electron chi connectivity index (χ4n) is 3.74. The number of amidine groups is 1. The van der Waals surface area contributed by atoms with Crippen LogP contribution in [0.3, 0.4) is 0 Å². The van der Waals surface area contributed by atoms with E-state index in [2.05, 4.69) is 29.1 Å². The molecule has 140 valence electrons. The zero-order valence-electron chi connectivity index (χ0n) is 15.9. The summed E-state index contributed by atoms with van der Waals surface area (Å²) in [6.45, 7) is 6.61. The number of fused-ring (bicyclic) bond motifs is 4. The predicted molar refractivity (Wildman–Crippen MR) is 109 cm³/mol. The summed E-state index contributed by atoms with van der Waals surface area (Å²) in [6, 6.07) is 9.47. The van der Waals surface area contributed by atoms with E-state index in [0.29, 0.717) is 35.0 Å². The van der Waals surface area contributed by atoms with Gasteiger partial charge in [-0.15, -0.1) is 0 Å². The van der Waals surface area contributed by atoms with Crippen molar-refractivity contribution < 1.29 is 9.21 Å². The van der Waals surface area contributed by atoms with E-state index in [1.54, 1.807) is 19.5 Å². The largest absolute Gasteiger partial charge is 0.442 e. The fourth-order valence-corrected chi connectivity index (χ4v) is 3.74. The molecule has 0 saturated carbocycles. The Morgan fingerprint density at radius 3 is 3.00 bits per heavy atom. The smallest absolute Gasteiger partial charge is 0.260 e. The molecule has 0 spiro atoms. The lowest BCUT2D eigenvalue weighted by atomic mass is 10.1. The highest BCUT2D eigenvalue weighted by atomic mass is 16.4. The molecule has 0 aliphatic carbocycles. The average molecular weight is 373 g/mol. The summed E-state index contributed by atoms with van der Waals surface area (Å²) in [5.74, 6) is 1.45. The van der Waals surface area contributed by atoms with Crippen LogP contribution in [0, 0.1) is 6.92 Å². The van der Waals surface area contributed by atoms with E-state index in [1.165, 1.54) is 0 Å². The zero-order valence-corrected chi connectivity index (χ0v) is 15.9. The number of furan rings is 1. The van der Waals surface area contributed by atoms with Crippen LogP contribution in [0.25, 0.3) is 10.9 Å². The van der Waals surface area contributed by atoms with Crippen LogP contribution in [0.1, 0.15) is 35.5 Å². The first-order valence-electron chi connectivity index (χ1n) is 9.12. The van der Waals surface area contributed by atoms with Gasteiger partial charge in [0.1, 0.15) is 17.9 Å². The summed E-state index contributed by atoms with van der Waals surface area (Å²) in [5, 5.41) is 3.94. The summed E-state index contributed by atoms with van der Waals surface area (Å²) < 4.78 is 5.77. The molecule has 3 aromatic rings. The second-order valence-electron chi connectivity index (χ2n) is 7.70. The van der Waals surface area contributed by atoms with Crippen LogP contribution in [0.5, 0.6) is 0 Å². The van der Waals surface area contributed by atoms with Gasteiger partial charge in [0.2, 0.25) is 5.88 Å². The molecular formula is C21H19N5O2. The van der Waals surface area contributed by atoms with Gasteiger partial charge in [0.15, 0.2) is 0 Å². The Kier molecular flexibility index (Phi) is 3.43. The van der Waals surface area contributed by atoms with Gasteiger partial charge in [-0.3, -0.25) is 14.8 Å². The third-order valence-corrected chi connectivity index (χ3v) is 4.93. The lowest BCUT2D eigenvalue weighted by molar-refractivity contribution is 0.102. The maximum atomic E-state index is 13.1.